The van der Waals surface area contributed by atoms with E-state index >= 15 is 0 Å². The van der Waals surface area contributed by atoms with E-state index < -0.39 is 17.9 Å². The van der Waals surface area contributed by atoms with Crippen LogP contribution in [0.5, 0.6) is 40.2 Å². The first-order chi connectivity index (χ1) is 28.3. The topological polar surface area (TPSA) is 127 Å². The van der Waals surface area contributed by atoms with Crippen molar-refractivity contribution in [2.75, 3.05) is 14.2 Å². The first-order valence-electron chi connectivity index (χ1n) is 18.1. The molecule has 7 aromatic carbocycles. The number of hydrogen-bond acceptors (Lipinski definition) is 10. The molecular formula is C48H36O10. The first kappa shape index (κ1) is 38.4. The van der Waals surface area contributed by atoms with E-state index in [-0.39, 0.29) is 28.6 Å². The van der Waals surface area contributed by atoms with Crippen molar-refractivity contribution < 1.29 is 47.9 Å². The molecule has 0 bridgehead atoms. The van der Waals surface area contributed by atoms with Crippen LogP contribution in [0.25, 0.3) is 22.3 Å². The lowest BCUT2D eigenvalue weighted by Gasteiger charge is -2.15. The highest BCUT2D eigenvalue weighted by molar-refractivity contribution is 5.95. The Kier molecular flexibility index (Phi) is 11.8. The van der Waals surface area contributed by atoms with Gasteiger partial charge in [0.2, 0.25) is 0 Å². The van der Waals surface area contributed by atoms with Crippen LogP contribution >= 0.6 is 0 Å². The molecule has 0 saturated carbocycles. The smallest absolute Gasteiger partial charge is 0.347 e. The lowest BCUT2D eigenvalue weighted by molar-refractivity contribution is 0.0719. The zero-order valence-corrected chi connectivity index (χ0v) is 31.4. The van der Waals surface area contributed by atoms with Gasteiger partial charge in [0, 0.05) is 12.1 Å². The highest BCUT2D eigenvalue weighted by Gasteiger charge is 2.20. The fourth-order valence-electron chi connectivity index (χ4n) is 5.91. The summed E-state index contributed by atoms with van der Waals surface area (Å²) < 4.78 is 33.6. The highest BCUT2D eigenvalue weighted by Crippen LogP contribution is 2.36. The van der Waals surface area contributed by atoms with Crippen molar-refractivity contribution in [3.8, 4) is 62.5 Å². The molecule has 0 amide bonds. The van der Waals surface area contributed by atoms with Gasteiger partial charge in [0.05, 0.1) is 25.3 Å². The largest absolute Gasteiger partial charge is 0.508 e. The number of esters is 3. The van der Waals surface area contributed by atoms with Gasteiger partial charge in [-0.3, -0.25) is 0 Å². The molecule has 7 rings (SSSR count). The van der Waals surface area contributed by atoms with Crippen molar-refractivity contribution in [2.24, 2.45) is 0 Å². The summed E-state index contributed by atoms with van der Waals surface area (Å²) in [7, 11) is 2.95. The summed E-state index contributed by atoms with van der Waals surface area (Å²) in [4.78, 5) is 38.9. The summed E-state index contributed by atoms with van der Waals surface area (Å²) in [6.07, 6.45) is 0. The number of rotatable bonds is 13. The van der Waals surface area contributed by atoms with E-state index in [0.717, 1.165) is 27.8 Å². The molecule has 1 N–H and O–H groups in total. The Bertz CT molecular complexity index is 2510. The molecule has 0 heterocycles. The van der Waals surface area contributed by atoms with Crippen molar-refractivity contribution in [2.45, 2.75) is 6.61 Å². The third-order valence-corrected chi connectivity index (χ3v) is 9.03. The third-order valence-electron chi connectivity index (χ3n) is 9.03. The fourth-order valence-corrected chi connectivity index (χ4v) is 5.91. The Morgan fingerprint density at radius 3 is 1.33 bits per heavy atom. The third kappa shape index (κ3) is 9.32. The van der Waals surface area contributed by atoms with Crippen LogP contribution in [0.1, 0.15) is 36.6 Å². The Hall–Kier alpha value is -7.85. The zero-order valence-electron chi connectivity index (χ0n) is 31.4. The minimum atomic E-state index is -0.634. The van der Waals surface area contributed by atoms with E-state index in [1.54, 1.807) is 127 Å². The van der Waals surface area contributed by atoms with Crippen LogP contribution in [-0.4, -0.2) is 37.2 Å². The maximum Gasteiger partial charge on any atom is 0.347 e. The fraction of sp³-hybridized carbons (Fsp3) is 0.0625. The molecule has 0 fully saturated rings. The monoisotopic (exact) mass is 772 g/mol. The van der Waals surface area contributed by atoms with Gasteiger partial charge in [0.25, 0.3) is 0 Å². The molecule has 0 spiro atoms. The molecule has 58 heavy (non-hydrogen) atoms. The summed E-state index contributed by atoms with van der Waals surface area (Å²) in [6.45, 7) is 0.308. The van der Waals surface area contributed by atoms with Crippen LogP contribution in [0, 0.1) is 0 Å². The summed E-state index contributed by atoms with van der Waals surface area (Å²) in [5.41, 5.74) is 5.30. The van der Waals surface area contributed by atoms with E-state index in [9.17, 15) is 19.5 Å². The number of carbonyl (C=O) groups excluding carboxylic acids is 3. The second kappa shape index (κ2) is 17.7. The molecule has 0 aliphatic heterocycles. The van der Waals surface area contributed by atoms with E-state index in [2.05, 4.69) is 0 Å². The molecule has 0 aromatic heterocycles. The average molecular weight is 773 g/mol. The number of benzene rings is 7. The highest BCUT2D eigenvalue weighted by atomic mass is 16.5. The first-order valence-corrected chi connectivity index (χ1v) is 18.1. The van der Waals surface area contributed by atoms with Crippen LogP contribution in [-0.2, 0) is 6.61 Å². The SMILES string of the molecule is COc1cc(C(=O)Oc2ccc(-c3ccc(C(=O)Oc4ccc(OC(=O)c5ccc(-c6ccc(O)cc6)cc5)cc4)cc3)cc2)c(OC)cc1OCc1ccccc1. The maximum absolute atomic E-state index is 13.2. The van der Waals surface area contributed by atoms with Crippen molar-refractivity contribution in [3.63, 3.8) is 0 Å². The van der Waals surface area contributed by atoms with E-state index in [4.69, 9.17) is 28.4 Å². The molecule has 0 aliphatic rings. The summed E-state index contributed by atoms with van der Waals surface area (Å²) in [6, 6.07) is 46.5. The van der Waals surface area contributed by atoms with Gasteiger partial charge in [-0.1, -0.05) is 78.9 Å². The van der Waals surface area contributed by atoms with Crippen LogP contribution in [0.4, 0.5) is 0 Å². The molecule has 0 radical (unpaired) electrons. The van der Waals surface area contributed by atoms with Gasteiger partial charge in [0.1, 0.15) is 40.9 Å². The number of aromatic hydroxyl groups is 1. The van der Waals surface area contributed by atoms with Gasteiger partial charge in [-0.05, 0) is 101 Å². The zero-order chi connectivity index (χ0) is 40.4. The molecule has 0 aliphatic carbocycles. The minimum absolute atomic E-state index is 0.169. The molecule has 10 heteroatoms. The van der Waals surface area contributed by atoms with Crippen LogP contribution in [0.3, 0.4) is 0 Å². The molecule has 0 saturated heterocycles. The molecular weight excluding hydrogens is 737 g/mol. The number of carbonyl (C=O) groups is 3. The Balaban J connectivity index is 0.920. The van der Waals surface area contributed by atoms with Crippen LogP contribution < -0.4 is 28.4 Å². The minimum Gasteiger partial charge on any atom is -0.508 e. The van der Waals surface area contributed by atoms with Crippen molar-refractivity contribution in [1.82, 2.24) is 0 Å². The predicted molar refractivity (Wildman–Crippen MR) is 217 cm³/mol. The quantitative estimate of drug-likeness (QED) is 0.0894. The molecule has 288 valence electrons. The number of methoxy groups -OCH3 is 2. The van der Waals surface area contributed by atoms with Crippen LogP contribution in [0.15, 0.2) is 164 Å². The van der Waals surface area contributed by atoms with Crippen molar-refractivity contribution >= 4 is 17.9 Å². The van der Waals surface area contributed by atoms with Gasteiger partial charge < -0.3 is 33.5 Å². The Morgan fingerprint density at radius 2 is 0.862 bits per heavy atom. The maximum atomic E-state index is 13.2. The lowest BCUT2D eigenvalue weighted by atomic mass is 10.0. The normalized spacial score (nSPS) is 10.6. The van der Waals surface area contributed by atoms with Gasteiger partial charge in [-0.25, -0.2) is 14.4 Å². The van der Waals surface area contributed by atoms with Gasteiger partial charge >= 0.3 is 17.9 Å². The average Bonchev–Trinajstić information content (AvgIpc) is 3.27. The number of hydrogen-bond donors (Lipinski definition) is 1. The summed E-state index contributed by atoms with van der Waals surface area (Å²) in [5.74, 6) is 0.384. The van der Waals surface area contributed by atoms with Crippen LogP contribution in [0.2, 0.25) is 0 Å². The molecule has 0 atom stereocenters. The Morgan fingerprint density at radius 1 is 0.448 bits per heavy atom. The van der Waals surface area contributed by atoms with E-state index in [1.807, 2.05) is 30.3 Å². The lowest BCUT2D eigenvalue weighted by Crippen LogP contribution is -2.11. The second-order valence-corrected chi connectivity index (χ2v) is 12.8. The Labute approximate surface area is 334 Å². The van der Waals surface area contributed by atoms with E-state index in [0.29, 0.717) is 35.0 Å². The summed E-state index contributed by atoms with van der Waals surface area (Å²) in [5, 5.41) is 9.51. The van der Waals surface area contributed by atoms with Gasteiger partial charge in [-0.15, -0.1) is 0 Å². The van der Waals surface area contributed by atoms with E-state index in [1.165, 1.54) is 20.3 Å². The van der Waals surface area contributed by atoms with Crippen molar-refractivity contribution in [3.05, 3.63) is 186 Å². The molecule has 7 aromatic rings. The van der Waals surface area contributed by atoms with Crippen molar-refractivity contribution in [1.29, 1.82) is 0 Å². The number of phenols is 1. The summed E-state index contributed by atoms with van der Waals surface area (Å²) >= 11 is 0. The number of ether oxygens (including phenoxy) is 6. The second-order valence-electron chi connectivity index (χ2n) is 12.8. The predicted octanol–water partition coefficient (Wildman–Crippen LogP) is 9.98. The molecule has 0 unspecified atom stereocenters. The molecule has 10 nitrogen and oxygen atoms in total. The standard InChI is InChI=1S/C48H36O10/c1-53-43-29-45(55-30-31-6-4-3-5-7-31)44(54-2)28-42(43)48(52)58-39-22-18-35(19-23-39)33-10-14-37(15-11-33)47(51)57-41-26-24-40(25-27-41)56-46(50)36-12-8-32(9-13-36)34-16-20-38(49)21-17-34/h3-29,49H,30H2,1-2H3. The number of phenolic OH excluding ortho intramolecular Hbond substituents is 1. The van der Waals surface area contributed by atoms with Gasteiger partial charge in [-0.2, -0.15) is 0 Å². The van der Waals surface area contributed by atoms with Gasteiger partial charge in [0.15, 0.2) is 11.5 Å².